The monoisotopic (exact) mass is 403 g/mol. The van der Waals surface area contributed by atoms with Crippen LogP contribution < -0.4 is 0 Å². The number of aryl methyl sites for hydroxylation is 1. The third-order valence-corrected chi connectivity index (χ3v) is 5.88. The van der Waals surface area contributed by atoms with Crippen molar-refractivity contribution in [2.45, 2.75) is 71.3 Å². The number of fused-ring (bicyclic) bond motifs is 3. The van der Waals surface area contributed by atoms with Crippen molar-refractivity contribution in [1.29, 1.82) is 0 Å². The normalized spacial score (nSPS) is 11.2. The summed E-state index contributed by atoms with van der Waals surface area (Å²) in [5, 5.41) is 2.24. The summed E-state index contributed by atoms with van der Waals surface area (Å²) in [5.41, 5.74) is 2.95. The van der Waals surface area contributed by atoms with Gasteiger partial charge < -0.3 is 4.57 Å². The molecule has 0 spiro atoms. The predicted molar refractivity (Wildman–Crippen MR) is 126 cm³/mol. The highest BCUT2D eigenvalue weighted by Gasteiger charge is 2.15. The summed E-state index contributed by atoms with van der Waals surface area (Å²) in [6.07, 6.45) is 10.3. The molecule has 0 unspecified atom stereocenters. The van der Waals surface area contributed by atoms with Crippen LogP contribution in [0.25, 0.3) is 21.8 Å². The van der Waals surface area contributed by atoms with Crippen molar-refractivity contribution >= 4 is 33.4 Å². The fourth-order valence-electron chi connectivity index (χ4n) is 4.26. The molecular weight excluding hydrogens is 370 g/mol. The number of aromatic nitrogens is 1. The van der Waals surface area contributed by atoms with Gasteiger partial charge in [0.05, 0.1) is 6.42 Å². The molecule has 158 valence electrons. The van der Waals surface area contributed by atoms with E-state index < -0.39 is 0 Å². The van der Waals surface area contributed by atoms with Gasteiger partial charge in [-0.25, -0.2) is 0 Å². The van der Waals surface area contributed by atoms with Crippen LogP contribution in [-0.2, 0) is 11.3 Å². The Balaban J connectivity index is 1.56. The number of ketones is 2. The second-order valence-electron chi connectivity index (χ2n) is 8.08. The van der Waals surface area contributed by atoms with Crippen LogP contribution in [0.2, 0.25) is 0 Å². The lowest BCUT2D eigenvalue weighted by Crippen LogP contribution is -2.08. The molecule has 3 heteroatoms. The number of allylic oxidation sites excluding steroid dienone is 1. The fraction of sp³-hybridized carbons (Fsp3) is 0.407. The molecule has 0 saturated heterocycles. The Morgan fingerprint density at radius 2 is 1.60 bits per heavy atom. The average Bonchev–Trinajstić information content (AvgIpc) is 3.08. The number of rotatable bonds is 13. The summed E-state index contributed by atoms with van der Waals surface area (Å²) in [4.78, 5) is 25.0. The molecule has 0 atom stereocenters. The van der Waals surface area contributed by atoms with Crippen molar-refractivity contribution in [2.75, 3.05) is 0 Å². The van der Waals surface area contributed by atoms with Gasteiger partial charge in [-0.2, -0.15) is 0 Å². The minimum atomic E-state index is -0.0698. The van der Waals surface area contributed by atoms with Gasteiger partial charge in [0.2, 0.25) is 0 Å². The number of para-hydroxylation sites is 1. The number of benzene rings is 2. The van der Waals surface area contributed by atoms with E-state index >= 15 is 0 Å². The lowest BCUT2D eigenvalue weighted by atomic mass is 10.0. The maximum Gasteiger partial charge on any atom is 0.170 e. The Hall–Kier alpha value is -2.68. The molecular formula is C27H33NO2. The molecule has 0 aliphatic rings. The van der Waals surface area contributed by atoms with Crippen LogP contribution in [0.3, 0.4) is 0 Å². The van der Waals surface area contributed by atoms with E-state index in [1.54, 1.807) is 0 Å². The maximum absolute atomic E-state index is 12.7. The quantitative estimate of drug-likeness (QED) is 0.130. The van der Waals surface area contributed by atoms with Gasteiger partial charge in [-0.15, -0.1) is 6.58 Å². The molecule has 0 bridgehead atoms. The van der Waals surface area contributed by atoms with E-state index in [9.17, 15) is 9.59 Å². The molecule has 3 aromatic rings. The molecule has 0 aliphatic heterocycles. The Labute approximate surface area is 179 Å². The topological polar surface area (TPSA) is 39.1 Å². The molecule has 30 heavy (non-hydrogen) atoms. The van der Waals surface area contributed by atoms with E-state index in [0.29, 0.717) is 12.0 Å². The first-order valence-corrected chi connectivity index (χ1v) is 11.3. The third-order valence-electron chi connectivity index (χ3n) is 5.88. The van der Waals surface area contributed by atoms with E-state index in [1.807, 2.05) is 36.4 Å². The smallest absolute Gasteiger partial charge is 0.170 e. The summed E-state index contributed by atoms with van der Waals surface area (Å²) < 4.78 is 2.27. The molecule has 0 saturated carbocycles. The van der Waals surface area contributed by atoms with Gasteiger partial charge in [0.25, 0.3) is 0 Å². The van der Waals surface area contributed by atoms with Crippen LogP contribution in [-0.4, -0.2) is 16.1 Å². The highest BCUT2D eigenvalue weighted by Crippen LogP contribution is 2.30. The molecule has 0 fully saturated rings. The molecule has 2 aromatic carbocycles. The minimum Gasteiger partial charge on any atom is -0.341 e. The standard InChI is InChI=1S/C27H33NO2/c1-3-5-6-7-8-9-10-11-14-22(29)20-27(30)21-17-18-26-24(19-21)23-15-12-13-16-25(23)28(26)4-2/h3,12-13,15-19H,1,4-11,14,20H2,2H3. The average molecular weight is 404 g/mol. The summed E-state index contributed by atoms with van der Waals surface area (Å²) >= 11 is 0. The first kappa shape index (κ1) is 22.0. The van der Waals surface area contributed by atoms with Crippen molar-refractivity contribution < 1.29 is 9.59 Å². The second kappa shape index (κ2) is 10.9. The number of carbonyl (C=O) groups excluding carboxylic acids is 2. The lowest BCUT2D eigenvalue weighted by molar-refractivity contribution is -0.118. The van der Waals surface area contributed by atoms with Gasteiger partial charge in [-0.05, 0) is 50.5 Å². The Morgan fingerprint density at radius 3 is 2.37 bits per heavy atom. The first-order chi connectivity index (χ1) is 14.7. The largest absolute Gasteiger partial charge is 0.341 e. The van der Waals surface area contributed by atoms with Crippen molar-refractivity contribution in [3.05, 3.63) is 60.7 Å². The van der Waals surface area contributed by atoms with Gasteiger partial charge in [0.15, 0.2) is 5.78 Å². The molecule has 3 rings (SSSR count). The summed E-state index contributed by atoms with van der Waals surface area (Å²) in [6, 6.07) is 14.1. The van der Waals surface area contributed by atoms with Crippen molar-refractivity contribution in [3.8, 4) is 0 Å². The molecule has 0 amide bonds. The molecule has 1 heterocycles. The highest BCUT2D eigenvalue weighted by atomic mass is 16.1. The second-order valence-corrected chi connectivity index (χ2v) is 8.08. The zero-order valence-corrected chi connectivity index (χ0v) is 18.2. The molecule has 0 N–H and O–H groups in total. The van der Waals surface area contributed by atoms with E-state index in [2.05, 4.69) is 30.2 Å². The maximum atomic E-state index is 12.7. The molecule has 1 aromatic heterocycles. The van der Waals surface area contributed by atoms with Crippen LogP contribution in [0.5, 0.6) is 0 Å². The number of Topliss-reactive ketones (excluding diaryl/α,β-unsaturated/α-hetero) is 2. The van der Waals surface area contributed by atoms with Crippen molar-refractivity contribution in [3.63, 3.8) is 0 Å². The summed E-state index contributed by atoms with van der Waals surface area (Å²) in [6.45, 7) is 6.75. The van der Waals surface area contributed by atoms with Crippen LogP contribution in [0.1, 0.15) is 75.1 Å². The van der Waals surface area contributed by atoms with E-state index in [1.165, 1.54) is 24.8 Å². The van der Waals surface area contributed by atoms with Gasteiger partial charge in [0, 0.05) is 40.3 Å². The van der Waals surface area contributed by atoms with Crippen LogP contribution in [0, 0.1) is 0 Å². The fourth-order valence-corrected chi connectivity index (χ4v) is 4.26. The zero-order chi connectivity index (χ0) is 21.3. The zero-order valence-electron chi connectivity index (χ0n) is 18.2. The Kier molecular flexibility index (Phi) is 8.01. The highest BCUT2D eigenvalue weighted by molar-refractivity contribution is 6.13. The van der Waals surface area contributed by atoms with E-state index in [4.69, 9.17) is 0 Å². The molecule has 0 aliphatic carbocycles. The summed E-state index contributed by atoms with van der Waals surface area (Å²) in [5.74, 6) is -0.0117. The van der Waals surface area contributed by atoms with Crippen molar-refractivity contribution in [2.24, 2.45) is 0 Å². The Morgan fingerprint density at radius 1 is 0.900 bits per heavy atom. The number of hydrogen-bond acceptors (Lipinski definition) is 2. The summed E-state index contributed by atoms with van der Waals surface area (Å²) in [7, 11) is 0. The van der Waals surface area contributed by atoms with E-state index in [-0.39, 0.29) is 18.0 Å². The number of nitrogens with zero attached hydrogens (tertiary/aromatic N) is 1. The van der Waals surface area contributed by atoms with Crippen molar-refractivity contribution in [1.82, 2.24) is 4.57 Å². The third kappa shape index (κ3) is 5.27. The van der Waals surface area contributed by atoms with Crippen LogP contribution >= 0.6 is 0 Å². The van der Waals surface area contributed by atoms with Crippen LogP contribution in [0.15, 0.2) is 55.1 Å². The lowest BCUT2D eigenvalue weighted by Gasteiger charge is -2.05. The number of unbranched alkanes of at least 4 members (excludes halogenated alkanes) is 6. The number of carbonyl (C=O) groups is 2. The van der Waals surface area contributed by atoms with Gasteiger partial charge >= 0.3 is 0 Å². The molecule has 3 nitrogen and oxygen atoms in total. The minimum absolute atomic E-state index is 0.0112. The van der Waals surface area contributed by atoms with Gasteiger partial charge in [-0.3, -0.25) is 9.59 Å². The number of hydrogen-bond donors (Lipinski definition) is 0. The Bertz CT molecular complexity index is 1030. The van der Waals surface area contributed by atoms with Crippen LogP contribution in [0.4, 0.5) is 0 Å². The predicted octanol–water partition coefficient (Wildman–Crippen LogP) is 7.26. The molecule has 0 radical (unpaired) electrons. The first-order valence-electron chi connectivity index (χ1n) is 11.3. The van der Waals surface area contributed by atoms with E-state index in [0.717, 1.165) is 48.5 Å². The SMILES string of the molecule is C=CCCCCCCCCC(=O)CC(=O)c1ccc2c(c1)c1ccccc1n2CC. The van der Waals surface area contributed by atoms with Gasteiger partial charge in [-0.1, -0.05) is 50.0 Å². The van der Waals surface area contributed by atoms with Gasteiger partial charge in [0.1, 0.15) is 5.78 Å².